The second-order valence-electron chi connectivity index (χ2n) is 6.06. The van der Waals surface area contributed by atoms with Gasteiger partial charge in [-0.25, -0.2) is 13.4 Å². The predicted molar refractivity (Wildman–Crippen MR) is 97.9 cm³/mol. The van der Waals surface area contributed by atoms with Crippen LogP contribution in [0, 0.1) is 0 Å². The standard InChI is InChI=1S/C18H21N3O3S/c1-2-21(16-6-4-3-5-7-16)17-9-8-14(12-19-17)18(22)20-15-10-11-25(23,24)13-15/h3-9,12,15H,2,10-11,13H2,1H3,(H,20,22). The van der Waals surface area contributed by atoms with Gasteiger partial charge < -0.3 is 10.2 Å². The minimum atomic E-state index is -3.01. The van der Waals surface area contributed by atoms with Crippen LogP contribution in [0.15, 0.2) is 48.7 Å². The molecule has 0 saturated carbocycles. The Bertz CT molecular complexity index is 836. The molecule has 1 aliphatic rings. The Morgan fingerprint density at radius 1 is 1.24 bits per heavy atom. The molecule has 0 aliphatic carbocycles. The zero-order valence-electron chi connectivity index (χ0n) is 14.1. The smallest absolute Gasteiger partial charge is 0.253 e. The fourth-order valence-corrected chi connectivity index (χ4v) is 4.62. The van der Waals surface area contributed by atoms with E-state index < -0.39 is 9.84 Å². The Balaban J connectivity index is 1.70. The maximum Gasteiger partial charge on any atom is 0.253 e. The van der Waals surface area contributed by atoms with Crippen LogP contribution < -0.4 is 10.2 Å². The van der Waals surface area contributed by atoms with Gasteiger partial charge in [0.05, 0.1) is 17.1 Å². The van der Waals surface area contributed by atoms with Gasteiger partial charge in [-0.2, -0.15) is 0 Å². The molecule has 2 aromatic rings. The highest BCUT2D eigenvalue weighted by atomic mass is 32.2. The van der Waals surface area contributed by atoms with Crippen molar-refractivity contribution < 1.29 is 13.2 Å². The van der Waals surface area contributed by atoms with Crippen molar-refractivity contribution in [2.24, 2.45) is 0 Å². The number of benzene rings is 1. The summed E-state index contributed by atoms with van der Waals surface area (Å²) < 4.78 is 23.0. The van der Waals surface area contributed by atoms with Gasteiger partial charge in [0, 0.05) is 24.5 Å². The molecule has 3 rings (SSSR count). The SMILES string of the molecule is CCN(c1ccccc1)c1ccc(C(=O)NC2CCS(=O)(=O)C2)cn1. The molecule has 132 valence electrons. The van der Waals surface area contributed by atoms with Crippen LogP contribution in [0.4, 0.5) is 11.5 Å². The molecular weight excluding hydrogens is 338 g/mol. The third kappa shape index (κ3) is 4.17. The van der Waals surface area contributed by atoms with Gasteiger partial charge in [-0.1, -0.05) is 18.2 Å². The van der Waals surface area contributed by atoms with Crippen LogP contribution in [-0.2, 0) is 9.84 Å². The minimum Gasteiger partial charge on any atom is -0.348 e. The van der Waals surface area contributed by atoms with Crippen molar-refractivity contribution in [2.75, 3.05) is 23.0 Å². The maximum atomic E-state index is 12.3. The summed E-state index contributed by atoms with van der Waals surface area (Å²) >= 11 is 0. The summed E-state index contributed by atoms with van der Waals surface area (Å²) in [5, 5.41) is 2.77. The molecule has 6 nitrogen and oxygen atoms in total. The van der Waals surface area contributed by atoms with Gasteiger partial charge in [0.1, 0.15) is 5.82 Å². The molecule has 1 amide bonds. The lowest BCUT2D eigenvalue weighted by Gasteiger charge is -2.22. The molecule has 1 unspecified atom stereocenters. The lowest BCUT2D eigenvalue weighted by Crippen LogP contribution is -2.35. The second-order valence-corrected chi connectivity index (χ2v) is 8.29. The van der Waals surface area contributed by atoms with Crippen LogP contribution in [-0.4, -0.2) is 43.4 Å². The second kappa shape index (κ2) is 7.23. The van der Waals surface area contributed by atoms with E-state index in [-0.39, 0.29) is 23.5 Å². The summed E-state index contributed by atoms with van der Waals surface area (Å²) in [5.41, 5.74) is 1.46. The van der Waals surface area contributed by atoms with Gasteiger partial charge >= 0.3 is 0 Å². The van der Waals surface area contributed by atoms with Crippen LogP contribution in [0.1, 0.15) is 23.7 Å². The molecule has 0 radical (unpaired) electrons. The van der Waals surface area contributed by atoms with E-state index in [0.29, 0.717) is 12.0 Å². The average molecular weight is 359 g/mol. The molecule has 1 saturated heterocycles. The molecule has 25 heavy (non-hydrogen) atoms. The highest BCUT2D eigenvalue weighted by Crippen LogP contribution is 2.22. The van der Waals surface area contributed by atoms with Crippen molar-refractivity contribution in [3.8, 4) is 0 Å². The van der Waals surface area contributed by atoms with Gasteiger partial charge in [0.2, 0.25) is 0 Å². The van der Waals surface area contributed by atoms with Crippen molar-refractivity contribution in [1.29, 1.82) is 0 Å². The third-order valence-electron chi connectivity index (χ3n) is 4.24. The van der Waals surface area contributed by atoms with E-state index in [0.717, 1.165) is 18.1 Å². The zero-order valence-corrected chi connectivity index (χ0v) is 14.9. The van der Waals surface area contributed by atoms with Gasteiger partial charge in [-0.15, -0.1) is 0 Å². The highest BCUT2D eigenvalue weighted by Gasteiger charge is 2.29. The molecule has 1 aromatic heterocycles. The predicted octanol–water partition coefficient (Wildman–Crippen LogP) is 2.16. The molecule has 7 heteroatoms. The number of carbonyl (C=O) groups excluding carboxylic acids is 1. The fourth-order valence-electron chi connectivity index (χ4n) is 2.94. The summed E-state index contributed by atoms with van der Waals surface area (Å²) in [4.78, 5) is 18.7. The van der Waals surface area contributed by atoms with E-state index in [4.69, 9.17) is 0 Å². The molecular formula is C18H21N3O3S. The monoisotopic (exact) mass is 359 g/mol. The van der Waals surface area contributed by atoms with Gasteiger partial charge in [-0.3, -0.25) is 4.79 Å². The van der Waals surface area contributed by atoms with Gasteiger partial charge in [0.25, 0.3) is 5.91 Å². The summed E-state index contributed by atoms with van der Waals surface area (Å²) in [6.45, 7) is 2.79. The number of anilines is 2. The summed E-state index contributed by atoms with van der Waals surface area (Å²) in [7, 11) is -3.01. The number of carbonyl (C=O) groups is 1. The average Bonchev–Trinajstić information content (AvgIpc) is 2.95. The number of nitrogens with zero attached hydrogens (tertiary/aromatic N) is 2. The summed E-state index contributed by atoms with van der Waals surface area (Å²) in [5.74, 6) is 0.622. The Labute approximate surface area is 147 Å². The quantitative estimate of drug-likeness (QED) is 0.885. The third-order valence-corrected chi connectivity index (χ3v) is 6.01. The van der Waals surface area contributed by atoms with E-state index in [9.17, 15) is 13.2 Å². The number of rotatable bonds is 5. The topological polar surface area (TPSA) is 79.4 Å². The first-order valence-corrected chi connectivity index (χ1v) is 10.1. The molecule has 1 aliphatic heterocycles. The van der Waals surface area contributed by atoms with Crippen molar-refractivity contribution in [3.63, 3.8) is 0 Å². The number of aromatic nitrogens is 1. The zero-order chi connectivity index (χ0) is 17.9. The van der Waals surface area contributed by atoms with Crippen molar-refractivity contribution in [2.45, 2.75) is 19.4 Å². The number of hydrogen-bond acceptors (Lipinski definition) is 5. The number of sulfone groups is 1. The Morgan fingerprint density at radius 3 is 2.56 bits per heavy atom. The summed E-state index contributed by atoms with van der Waals surface area (Å²) in [6.07, 6.45) is 2.00. The number of amides is 1. The number of para-hydroxylation sites is 1. The number of hydrogen-bond donors (Lipinski definition) is 1. The maximum absolute atomic E-state index is 12.3. The molecule has 1 N–H and O–H groups in total. The van der Waals surface area contributed by atoms with Crippen LogP contribution in [0.3, 0.4) is 0 Å². The molecule has 2 heterocycles. The first-order chi connectivity index (χ1) is 12.0. The van der Waals surface area contributed by atoms with E-state index >= 15 is 0 Å². The molecule has 1 aromatic carbocycles. The van der Waals surface area contributed by atoms with Crippen LogP contribution in [0.25, 0.3) is 0 Å². The van der Waals surface area contributed by atoms with Crippen molar-refractivity contribution in [1.82, 2.24) is 10.3 Å². The Hall–Kier alpha value is -2.41. The largest absolute Gasteiger partial charge is 0.348 e. The molecule has 0 spiro atoms. The van der Waals surface area contributed by atoms with E-state index in [1.165, 1.54) is 6.20 Å². The van der Waals surface area contributed by atoms with E-state index in [1.807, 2.05) is 42.2 Å². The van der Waals surface area contributed by atoms with Crippen LogP contribution >= 0.6 is 0 Å². The van der Waals surface area contributed by atoms with E-state index in [1.54, 1.807) is 12.1 Å². The van der Waals surface area contributed by atoms with Crippen LogP contribution in [0.5, 0.6) is 0 Å². The number of pyridine rings is 1. The molecule has 0 bridgehead atoms. The normalized spacial score (nSPS) is 18.7. The van der Waals surface area contributed by atoms with E-state index in [2.05, 4.69) is 10.3 Å². The first kappa shape index (κ1) is 17.4. The van der Waals surface area contributed by atoms with Crippen molar-refractivity contribution in [3.05, 3.63) is 54.2 Å². The fraction of sp³-hybridized carbons (Fsp3) is 0.333. The first-order valence-electron chi connectivity index (χ1n) is 8.28. The highest BCUT2D eigenvalue weighted by molar-refractivity contribution is 7.91. The summed E-state index contributed by atoms with van der Waals surface area (Å²) in [6, 6.07) is 13.1. The lowest BCUT2D eigenvalue weighted by atomic mass is 10.2. The Morgan fingerprint density at radius 2 is 2.00 bits per heavy atom. The minimum absolute atomic E-state index is 0.0157. The lowest BCUT2D eigenvalue weighted by molar-refractivity contribution is 0.0941. The molecule has 1 atom stereocenters. The van der Waals surface area contributed by atoms with Gasteiger partial charge in [0.15, 0.2) is 9.84 Å². The Kier molecular flexibility index (Phi) is 5.03. The van der Waals surface area contributed by atoms with Gasteiger partial charge in [-0.05, 0) is 37.6 Å². The van der Waals surface area contributed by atoms with Crippen LogP contribution in [0.2, 0.25) is 0 Å². The molecule has 1 fully saturated rings. The van der Waals surface area contributed by atoms with Crippen molar-refractivity contribution >= 4 is 27.2 Å². The number of nitrogens with one attached hydrogen (secondary N) is 1.